The molecule has 1 aromatic carbocycles. The molecule has 110 valence electrons. The van der Waals surface area contributed by atoms with Gasteiger partial charge < -0.3 is 10.1 Å². The number of rotatable bonds is 4. The molecule has 21 heavy (non-hydrogen) atoms. The van der Waals surface area contributed by atoms with E-state index in [2.05, 4.69) is 15.3 Å². The number of carbonyl (C=O) groups excluding carboxylic acids is 1. The van der Waals surface area contributed by atoms with Gasteiger partial charge in [0.15, 0.2) is 0 Å². The Bertz CT molecular complexity index is 651. The summed E-state index contributed by atoms with van der Waals surface area (Å²) in [5, 5.41) is 3.20. The second-order valence-corrected chi connectivity index (χ2v) is 4.83. The number of nitrogens with one attached hydrogen (secondary N) is 1. The van der Waals surface area contributed by atoms with Crippen molar-refractivity contribution in [2.24, 2.45) is 0 Å². The second kappa shape index (κ2) is 6.54. The molecular formula is C15H16ClN3O2. The zero-order valence-electron chi connectivity index (χ0n) is 12.1. The molecule has 0 fully saturated rings. The lowest BCUT2D eigenvalue weighted by molar-refractivity contribution is 0.102. The smallest absolute Gasteiger partial charge is 0.316 e. The molecule has 2 aromatic rings. The van der Waals surface area contributed by atoms with Gasteiger partial charge in [0.1, 0.15) is 0 Å². The third kappa shape index (κ3) is 3.49. The highest BCUT2D eigenvalue weighted by molar-refractivity contribution is 6.34. The first kappa shape index (κ1) is 15.3. The third-order valence-electron chi connectivity index (χ3n) is 2.88. The topological polar surface area (TPSA) is 64.1 Å². The molecule has 1 aromatic heterocycles. The molecular weight excluding hydrogens is 290 g/mol. The molecule has 0 radical (unpaired) electrons. The molecule has 0 aliphatic carbocycles. The Morgan fingerprint density at radius 1 is 1.24 bits per heavy atom. The van der Waals surface area contributed by atoms with E-state index in [0.29, 0.717) is 40.3 Å². The minimum absolute atomic E-state index is 0.292. The molecule has 0 bridgehead atoms. The van der Waals surface area contributed by atoms with Crippen molar-refractivity contribution in [2.75, 3.05) is 11.9 Å². The standard InChI is InChI=1S/C15H16ClN3O2/c1-4-21-15-17-9(2)13(10(3)18-15)19-14(20)11-7-5-6-8-12(11)16/h5-8H,4H2,1-3H3,(H,19,20). The van der Waals surface area contributed by atoms with Crippen LogP contribution < -0.4 is 10.1 Å². The van der Waals surface area contributed by atoms with Gasteiger partial charge >= 0.3 is 6.01 Å². The predicted molar refractivity (Wildman–Crippen MR) is 82.1 cm³/mol. The van der Waals surface area contributed by atoms with Crippen LogP contribution in [0.5, 0.6) is 6.01 Å². The van der Waals surface area contributed by atoms with Crippen molar-refractivity contribution >= 4 is 23.2 Å². The Labute approximate surface area is 128 Å². The van der Waals surface area contributed by atoms with Gasteiger partial charge in [-0.05, 0) is 32.9 Å². The molecule has 0 atom stereocenters. The SMILES string of the molecule is CCOc1nc(C)c(NC(=O)c2ccccc2Cl)c(C)n1. The summed E-state index contributed by atoms with van der Waals surface area (Å²) in [6.07, 6.45) is 0. The Kier molecular flexibility index (Phi) is 4.75. The summed E-state index contributed by atoms with van der Waals surface area (Å²) in [7, 11) is 0. The molecule has 6 heteroatoms. The lowest BCUT2D eigenvalue weighted by Crippen LogP contribution is -2.16. The van der Waals surface area contributed by atoms with E-state index in [1.54, 1.807) is 38.1 Å². The second-order valence-electron chi connectivity index (χ2n) is 4.42. The zero-order valence-corrected chi connectivity index (χ0v) is 12.9. The summed E-state index contributed by atoms with van der Waals surface area (Å²) in [6.45, 7) is 5.93. The number of aromatic nitrogens is 2. The normalized spacial score (nSPS) is 10.3. The minimum atomic E-state index is -0.292. The van der Waals surface area contributed by atoms with E-state index < -0.39 is 0 Å². The van der Waals surface area contributed by atoms with E-state index >= 15 is 0 Å². The molecule has 0 saturated heterocycles. The average Bonchev–Trinajstić information content (AvgIpc) is 2.43. The van der Waals surface area contributed by atoms with Crippen molar-refractivity contribution in [1.82, 2.24) is 9.97 Å². The molecule has 0 unspecified atom stereocenters. The maximum Gasteiger partial charge on any atom is 0.316 e. The van der Waals surface area contributed by atoms with Crippen LogP contribution in [0.2, 0.25) is 5.02 Å². The molecule has 1 heterocycles. The number of nitrogens with zero attached hydrogens (tertiary/aromatic N) is 2. The highest BCUT2D eigenvalue weighted by Gasteiger charge is 2.15. The molecule has 2 rings (SSSR count). The summed E-state index contributed by atoms with van der Waals surface area (Å²) in [6, 6.07) is 7.18. The van der Waals surface area contributed by atoms with Crippen molar-refractivity contribution < 1.29 is 9.53 Å². The first-order valence-corrected chi connectivity index (χ1v) is 6.94. The maximum absolute atomic E-state index is 12.3. The number of carbonyl (C=O) groups is 1. The molecule has 0 aliphatic rings. The molecule has 1 amide bonds. The lowest BCUT2D eigenvalue weighted by atomic mass is 10.2. The van der Waals surface area contributed by atoms with Gasteiger partial charge in [-0.2, -0.15) is 9.97 Å². The largest absolute Gasteiger partial charge is 0.464 e. The number of hydrogen-bond acceptors (Lipinski definition) is 4. The van der Waals surface area contributed by atoms with E-state index in [4.69, 9.17) is 16.3 Å². The molecule has 5 nitrogen and oxygen atoms in total. The molecule has 0 saturated carbocycles. The first-order chi connectivity index (χ1) is 10.0. The minimum Gasteiger partial charge on any atom is -0.464 e. The first-order valence-electron chi connectivity index (χ1n) is 6.56. The van der Waals surface area contributed by atoms with Crippen LogP contribution in [0.4, 0.5) is 5.69 Å². The summed E-state index contributed by atoms with van der Waals surface area (Å²) in [5.41, 5.74) is 2.27. The van der Waals surface area contributed by atoms with Gasteiger partial charge in [-0.3, -0.25) is 4.79 Å². The monoisotopic (exact) mass is 305 g/mol. The predicted octanol–water partition coefficient (Wildman–Crippen LogP) is 3.40. The average molecular weight is 306 g/mol. The Balaban J connectivity index is 2.28. The van der Waals surface area contributed by atoms with Gasteiger partial charge in [-0.1, -0.05) is 23.7 Å². The summed E-state index contributed by atoms with van der Waals surface area (Å²) < 4.78 is 5.28. The van der Waals surface area contributed by atoms with Crippen LogP contribution in [-0.2, 0) is 0 Å². The number of halogens is 1. The van der Waals surface area contributed by atoms with Crippen LogP contribution in [0.3, 0.4) is 0 Å². The summed E-state index contributed by atoms with van der Waals surface area (Å²) in [4.78, 5) is 20.7. The lowest BCUT2D eigenvalue weighted by Gasteiger charge is -2.12. The number of aryl methyl sites for hydroxylation is 2. The van der Waals surface area contributed by atoms with E-state index in [0.717, 1.165) is 0 Å². The number of hydrogen-bond donors (Lipinski definition) is 1. The van der Waals surface area contributed by atoms with Gasteiger partial charge in [0, 0.05) is 0 Å². The number of ether oxygens (including phenoxy) is 1. The fraction of sp³-hybridized carbons (Fsp3) is 0.267. The van der Waals surface area contributed by atoms with Crippen LogP contribution in [-0.4, -0.2) is 22.5 Å². The van der Waals surface area contributed by atoms with Crippen molar-refractivity contribution in [3.8, 4) is 6.01 Å². The van der Waals surface area contributed by atoms with Gasteiger partial charge in [0.25, 0.3) is 5.91 Å². The van der Waals surface area contributed by atoms with E-state index in [-0.39, 0.29) is 5.91 Å². The number of amides is 1. The maximum atomic E-state index is 12.3. The zero-order chi connectivity index (χ0) is 15.4. The van der Waals surface area contributed by atoms with Crippen LogP contribution >= 0.6 is 11.6 Å². The summed E-state index contributed by atoms with van der Waals surface area (Å²) >= 11 is 6.02. The Morgan fingerprint density at radius 2 is 1.86 bits per heavy atom. The molecule has 0 aliphatic heterocycles. The van der Waals surface area contributed by atoms with Crippen LogP contribution in [0.1, 0.15) is 28.7 Å². The van der Waals surface area contributed by atoms with Crippen molar-refractivity contribution in [3.63, 3.8) is 0 Å². The Hall–Kier alpha value is -2.14. The Morgan fingerprint density at radius 3 is 2.43 bits per heavy atom. The van der Waals surface area contributed by atoms with Crippen molar-refractivity contribution in [2.45, 2.75) is 20.8 Å². The molecule has 0 spiro atoms. The fourth-order valence-electron chi connectivity index (χ4n) is 1.89. The van der Waals surface area contributed by atoms with Crippen LogP contribution in [0, 0.1) is 13.8 Å². The van der Waals surface area contributed by atoms with Crippen molar-refractivity contribution in [3.05, 3.63) is 46.2 Å². The van der Waals surface area contributed by atoms with Gasteiger partial charge in [0.2, 0.25) is 0 Å². The fourth-order valence-corrected chi connectivity index (χ4v) is 2.11. The highest BCUT2D eigenvalue weighted by Crippen LogP contribution is 2.22. The number of benzene rings is 1. The third-order valence-corrected chi connectivity index (χ3v) is 3.21. The van der Waals surface area contributed by atoms with Gasteiger partial charge in [-0.25, -0.2) is 0 Å². The van der Waals surface area contributed by atoms with Crippen LogP contribution in [0.15, 0.2) is 24.3 Å². The summed E-state index contributed by atoms with van der Waals surface area (Å²) in [5.74, 6) is -0.292. The van der Waals surface area contributed by atoms with E-state index in [1.807, 2.05) is 6.92 Å². The number of anilines is 1. The van der Waals surface area contributed by atoms with E-state index in [9.17, 15) is 4.79 Å². The van der Waals surface area contributed by atoms with Gasteiger partial charge in [0.05, 0.1) is 34.3 Å². The van der Waals surface area contributed by atoms with Gasteiger partial charge in [-0.15, -0.1) is 0 Å². The van der Waals surface area contributed by atoms with Crippen LogP contribution in [0.25, 0.3) is 0 Å². The molecule has 1 N–H and O–H groups in total. The van der Waals surface area contributed by atoms with Crippen molar-refractivity contribution in [1.29, 1.82) is 0 Å². The van der Waals surface area contributed by atoms with E-state index in [1.165, 1.54) is 0 Å². The highest BCUT2D eigenvalue weighted by atomic mass is 35.5. The quantitative estimate of drug-likeness (QED) is 0.940.